The Morgan fingerprint density at radius 3 is 2.36 bits per heavy atom. The van der Waals surface area contributed by atoms with Crippen LogP contribution in [0.5, 0.6) is 5.75 Å². The largest absolute Gasteiger partial charge is 0.494 e. The Morgan fingerprint density at radius 1 is 1.18 bits per heavy atom. The summed E-state index contributed by atoms with van der Waals surface area (Å²) in [4.78, 5) is 13.3. The monoisotopic (exact) mass is 420 g/mol. The molecule has 2 rings (SSSR count). The Hall–Kier alpha value is -2.45. The van der Waals surface area contributed by atoms with Gasteiger partial charge in [-0.15, -0.1) is 18.3 Å². The summed E-state index contributed by atoms with van der Waals surface area (Å²) in [6.45, 7) is 5.85. The van der Waals surface area contributed by atoms with Crippen LogP contribution in [-0.4, -0.2) is 40.3 Å². The van der Waals surface area contributed by atoms with E-state index in [1.54, 1.807) is 48.5 Å². The maximum Gasteiger partial charge on any atom is 0.264 e. The first-order chi connectivity index (χ1) is 13.4. The first-order valence-electron chi connectivity index (χ1n) is 8.69. The molecule has 2 aromatic rings. The van der Waals surface area contributed by atoms with E-state index in [1.807, 2.05) is 13.2 Å². The van der Waals surface area contributed by atoms with Crippen molar-refractivity contribution in [3.8, 4) is 5.75 Å². The van der Waals surface area contributed by atoms with Gasteiger partial charge in [-0.3, -0.25) is 9.10 Å². The van der Waals surface area contributed by atoms with Crippen LogP contribution in [0.25, 0.3) is 0 Å². The van der Waals surface area contributed by atoms with Gasteiger partial charge in [0.15, 0.2) is 0 Å². The summed E-state index contributed by atoms with van der Waals surface area (Å²) in [5.74, 6) is 0.210. The molecule has 0 unspecified atom stereocenters. The van der Waals surface area contributed by atoms with Gasteiger partial charge in [0.2, 0.25) is 5.91 Å². The van der Waals surface area contributed by atoms with Gasteiger partial charge in [-0.05, 0) is 61.7 Å². The fraction of sp³-hybridized carbons (Fsp3) is 0.250. The van der Waals surface area contributed by atoms with Gasteiger partial charge < -0.3 is 10.1 Å². The molecule has 0 saturated heterocycles. The summed E-state index contributed by atoms with van der Waals surface area (Å²) in [6, 6.07) is 13.2. The maximum atomic E-state index is 13.2. The molecule has 0 aliphatic rings. The Kier molecular flexibility index (Phi) is 7.95. The van der Waals surface area contributed by atoms with E-state index in [-0.39, 0.29) is 18.0 Å². The number of sulfonamides is 1. The van der Waals surface area contributed by atoms with Crippen LogP contribution in [0.15, 0.2) is 71.0 Å². The van der Waals surface area contributed by atoms with Crippen LogP contribution in [0, 0.1) is 0 Å². The number of benzene rings is 2. The molecule has 0 fully saturated rings. The molecule has 28 heavy (non-hydrogen) atoms. The molecule has 0 atom stereocenters. The lowest BCUT2D eigenvalue weighted by Crippen LogP contribution is -2.40. The predicted octanol–water partition coefficient (Wildman–Crippen LogP) is 3.30. The molecular weight excluding hydrogens is 396 g/mol. The number of carbonyl (C=O) groups excluding carboxylic acids is 1. The topological polar surface area (TPSA) is 75.7 Å². The molecular formula is C20H24N2O4S2. The van der Waals surface area contributed by atoms with Crippen LogP contribution in [-0.2, 0) is 14.8 Å². The molecule has 6 nitrogen and oxygen atoms in total. The summed E-state index contributed by atoms with van der Waals surface area (Å²) in [5, 5.41) is 2.61. The summed E-state index contributed by atoms with van der Waals surface area (Å²) < 4.78 is 33.0. The van der Waals surface area contributed by atoms with Gasteiger partial charge in [0, 0.05) is 11.4 Å². The molecule has 1 amide bonds. The van der Waals surface area contributed by atoms with Crippen molar-refractivity contribution in [3.05, 3.63) is 61.2 Å². The minimum atomic E-state index is -3.93. The van der Waals surface area contributed by atoms with Gasteiger partial charge in [0.25, 0.3) is 10.0 Å². The second-order valence-corrected chi connectivity index (χ2v) is 8.45. The quantitative estimate of drug-likeness (QED) is 0.471. The SMILES string of the molecule is C=CCNC(=O)CN(c1ccc(OCC)cc1)S(=O)(=O)c1ccc(SC)cc1. The highest BCUT2D eigenvalue weighted by Crippen LogP contribution is 2.27. The van der Waals surface area contributed by atoms with E-state index >= 15 is 0 Å². The summed E-state index contributed by atoms with van der Waals surface area (Å²) in [7, 11) is -3.93. The molecule has 0 aromatic heterocycles. The fourth-order valence-electron chi connectivity index (χ4n) is 2.44. The zero-order valence-corrected chi connectivity index (χ0v) is 17.6. The van der Waals surface area contributed by atoms with Crippen molar-refractivity contribution >= 4 is 33.4 Å². The molecule has 0 heterocycles. The average Bonchev–Trinajstić information content (AvgIpc) is 2.71. The van der Waals surface area contributed by atoms with Crippen LogP contribution < -0.4 is 14.4 Å². The highest BCUT2D eigenvalue weighted by molar-refractivity contribution is 7.98. The number of thioether (sulfide) groups is 1. The Balaban J connectivity index is 2.40. The number of anilines is 1. The smallest absolute Gasteiger partial charge is 0.264 e. The number of carbonyl (C=O) groups is 1. The molecule has 2 aromatic carbocycles. The molecule has 0 aliphatic carbocycles. The van der Waals surface area contributed by atoms with E-state index in [2.05, 4.69) is 11.9 Å². The van der Waals surface area contributed by atoms with Gasteiger partial charge in [0.05, 0.1) is 17.2 Å². The minimum Gasteiger partial charge on any atom is -0.494 e. The lowest BCUT2D eigenvalue weighted by atomic mass is 10.3. The minimum absolute atomic E-state index is 0.121. The van der Waals surface area contributed by atoms with Gasteiger partial charge >= 0.3 is 0 Å². The molecule has 0 aliphatic heterocycles. The van der Waals surface area contributed by atoms with Crippen molar-refractivity contribution in [2.24, 2.45) is 0 Å². The molecule has 0 saturated carbocycles. The molecule has 0 bridgehead atoms. The van der Waals surface area contributed by atoms with E-state index in [1.165, 1.54) is 17.8 Å². The Morgan fingerprint density at radius 2 is 1.82 bits per heavy atom. The molecule has 8 heteroatoms. The van der Waals surface area contributed by atoms with Crippen LogP contribution >= 0.6 is 11.8 Å². The number of rotatable bonds is 10. The van der Waals surface area contributed by atoms with Gasteiger partial charge in [-0.1, -0.05) is 6.08 Å². The zero-order valence-electron chi connectivity index (χ0n) is 15.9. The van der Waals surface area contributed by atoms with Crippen LogP contribution in [0.1, 0.15) is 6.92 Å². The second kappa shape index (κ2) is 10.2. The second-order valence-electron chi connectivity index (χ2n) is 5.71. The number of nitrogens with one attached hydrogen (secondary N) is 1. The van der Waals surface area contributed by atoms with Crippen LogP contribution in [0.2, 0.25) is 0 Å². The van der Waals surface area contributed by atoms with Gasteiger partial charge in [-0.2, -0.15) is 0 Å². The van der Waals surface area contributed by atoms with Crippen molar-refractivity contribution in [2.75, 3.05) is 30.3 Å². The fourth-order valence-corrected chi connectivity index (χ4v) is 4.27. The lowest BCUT2D eigenvalue weighted by Gasteiger charge is -2.24. The summed E-state index contributed by atoms with van der Waals surface area (Å²) in [6.07, 6.45) is 3.45. The summed E-state index contributed by atoms with van der Waals surface area (Å²) in [5.41, 5.74) is 0.381. The number of ether oxygens (including phenoxy) is 1. The third-order valence-corrected chi connectivity index (χ3v) is 6.35. The van der Waals surface area contributed by atoms with Crippen molar-refractivity contribution in [3.63, 3.8) is 0 Å². The van der Waals surface area contributed by atoms with Crippen LogP contribution in [0.4, 0.5) is 5.69 Å². The highest BCUT2D eigenvalue weighted by Gasteiger charge is 2.27. The van der Waals surface area contributed by atoms with Gasteiger partial charge in [-0.25, -0.2) is 8.42 Å². The lowest BCUT2D eigenvalue weighted by molar-refractivity contribution is -0.119. The van der Waals surface area contributed by atoms with Gasteiger partial charge in [0.1, 0.15) is 12.3 Å². The normalized spacial score (nSPS) is 10.9. The first kappa shape index (κ1) is 21.8. The Bertz CT molecular complexity index is 895. The summed E-state index contributed by atoms with van der Waals surface area (Å²) >= 11 is 1.52. The third kappa shape index (κ3) is 5.53. The number of hydrogen-bond donors (Lipinski definition) is 1. The molecule has 0 spiro atoms. The molecule has 150 valence electrons. The van der Waals surface area contributed by atoms with Crippen molar-refractivity contribution in [2.45, 2.75) is 16.7 Å². The van der Waals surface area contributed by atoms with E-state index in [0.717, 1.165) is 9.20 Å². The van der Waals surface area contributed by atoms with E-state index in [9.17, 15) is 13.2 Å². The molecule has 1 N–H and O–H groups in total. The van der Waals surface area contributed by atoms with Crippen molar-refractivity contribution in [1.29, 1.82) is 0 Å². The molecule has 0 radical (unpaired) electrons. The van der Waals surface area contributed by atoms with E-state index in [4.69, 9.17) is 4.74 Å². The maximum absolute atomic E-state index is 13.2. The number of nitrogens with zero attached hydrogens (tertiary/aromatic N) is 1. The first-order valence-corrected chi connectivity index (χ1v) is 11.4. The number of amides is 1. The standard InChI is InChI=1S/C20H24N2O4S2/c1-4-14-21-20(23)15-22(16-6-8-17(9-7-16)26-5-2)28(24,25)19-12-10-18(27-3)11-13-19/h4,6-13H,1,5,14-15H2,2-3H3,(H,21,23). The van der Waals surface area contributed by atoms with E-state index in [0.29, 0.717) is 18.0 Å². The van der Waals surface area contributed by atoms with Crippen molar-refractivity contribution < 1.29 is 17.9 Å². The third-order valence-electron chi connectivity index (χ3n) is 3.81. The van der Waals surface area contributed by atoms with Crippen molar-refractivity contribution in [1.82, 2.24) is 5.32 Å². The zero-order chi connectivity index (χ0) is 20.6. The Labute approximate surface area is 170 Å². The van der Waals surface area contributed by atoms with E-state index < -0.39 is 15.9 Å². The number of hydrogen-bond acceptors (Lipinski definition) is 5. The average molecular weight is 421 g/mol. The highest BCUT2D eigenvalue weighted by atomic mass is 32.2. The predicted molar refractivity (Wildman–Crippen MR) is 114 cm³/mol. The van der Waals surface area contributed by atoms with Crippen LogP contribution in [0.3, 0.4) is 0 Å².